The molecule has 0 saturated heterocycles. The van der Waals surface area contributed by atoms with Crippen LogP contribution in [0.5, 0.6) is 0 Å². The van der Waals surface area contributed by atoms with Crippen LogP contribution in [0.4, 0.5) is 4.70 Å². The van der Waals surface area contributed by atoms with Crippen molar-refractivity contribution in [3.8, 4) is 0 Å². The molecule has 0 rings (SSSR count). The molecule has 0 atom stereocenters. The molecule has 0 aromatic rings. The topological polar surface area (TPSA) is 150 Å². The van der Waals surface area contributed by atoms with Crippen LogP contribution in [0, 0.1) is 0 Å². The normalized spacial score (nSPS) is 0. The first-order valence-corrected chi connectivity index (χ1v) is 0. The summed E-state index contributed by atoms with van der Waals surface area (Å²) in [7, 11) is 0. The van der Waals surface area contributed by atoms with Crippen LogP contribution in [0.3, 0.4) is 0 Å². The maximum atomic E-state index is 0. The van der Waals surface area contributed by atoms with E-state index in [2.05, 4.69) is 0 Å². The molecule has 7 heteroatoms. The van der Waals surface area contributed by atoms with Crippen molar-refractivity contribution in [1.82, 2.24) is 0 Å². The number of halogens is 1. The quantitative estimate of drug-likeness (QED) is 0.469. The molecule has 0 radical (unpaired) electrons. The van der Waals surface area contributed by atoms with Crippen LogP contribution in [0.25, 0.3) is 0 Å². The number of hydrogen-bond donors (Lipinski definition) is 0. The summed E-state index contributed by atoms with van der Waals surface area (Å²) in [4.78, 5) is 0. The zero-order valence-electron chi connectivity index (χ0n) is 3.09. The van der Waals surface area contributed by atoms with Crippen molar-refractivity contribution < 1.29 is 54.5 Å². The predicted molar refractivity (Wildman–Crippen MR) is 12.2 cm³/mol. The van der Waals surface area contributed by atoms with Gasteiger partial charge >= 0.3 is 22.4 Å². The Labute approximate surface area is 55.1 Å². The van der Waals surface area contributed by atoms with Crippen LogP contribution in [0.2, 0.25) is 0 Å². The fourth-order valence-corrected chi connectivity index (χ4v) is 0. The van der Waals surface area contributed by atoms with E-state index in [0.29, 0.717) is 0 Å². The van der Waals surface area contributed by atoms with E-state index in [1.165, 1.54) is 0 Å². The third kappa shape index (κ3) is 585. The van der Waals surface area contributed by atoms with Gasteiger partial charge in [-0.1, -0.05) is 0 Å². The van der Waals surface area contributed by atoms with Gasteiger partial charge in [0.1, 0.15) is 0 Å². The standard InChI is InChI=1S/FH.Nb.5H2O/h1H;;5*1H2/q;+5;;;;;/p-5. The second kappa shape index (κ2) is 876. The Hall–Kier alpha value is 0.470. The minimum absolute atomic E-state index is 0. The van der Waals surface area contributed by atoms with E-state index in [0.717, 1.165) is 0 Å². The Morgan fingerprint density at radius 1 is 0.429 bits per heavy atom. The van der Waals surface area contributed by atoms with Crippen molar-refractivity contribution >= 4 is 0 Å². The van der Waals surface area contributed by atoms with Crippen LogP contribution in [-0.4, -0.2) is 27.4 Å². The maximum absolute atomic E-state index is 0. The van der Waals surface area contributed by atoms with Gasteiger partial charge in [-0.3, -0.25) is 4.70 Å². The van der Waals surface area contributed by atoms with E-state index in [1.807, 2.05) is 0 Å². The Bertz CT molecular complexity index is 8.04. The molecular weight excluding hydrogens is 192 g/mol. The molecule has 7 heavy (non-hydrogen) atoms. The minimum Gasteiger partial charge on any atom is -0.870 e. The summed E-state index contributed by atoms with van der Waals surface area (Å²) in [5.41, 5.74) is 0. The molecule has 0 heterocycles. The SMILES string of the molecule is F.[Nb+5].[OH-].[OH-].[OH-].[OH-].[OH-]. The van der Waals surface area contributed by atoms with Gasteiger partial charge in [-0.15, -0.1) is 0 Å². The first-order chi connectivity index (χ1) is 0. The van der Waals surface area contributed by atoms with Crippen LogP contribution < -0.4 is 0 Å². The van der Waals surface area contributed by atoms with E-state index >= 15 is 0 Å². The second-order valence-corrected chi connectivity index (χ2v) is 0. The molecule has 0 aliphatic rings. The van der Waals surface area contributed by atoms with Gasteiger partial charge in [0.15, 0.2) is 0 Å². The van der Waals surface area contributed by atoms with Gasteiger partial charge in [0.25, 0.3) is 0 Å². The van der Waals surface area contributed by atoms with Crippen LogP contribution in [0.15, 0.2) is 0 Å². The maximum Gasteiger partial charge on any atom is 5.00 e. The largest absolute Gasteiger partial charge is 5.00 e. The summed E-state index contributed by atoms with van der Waals surface area (Å²) >= 11 is 0. The van der Waals surface area contributed by atoms with E-state index < -0.39 is 0 Å². The Morgan fingerprint density at radius 2 is 0.429 bits per heavy atom. The van der Waals surface area contributed by atoms with E-state index in [-0.39, 0.29) is 54.5 Å². The second-order valence-electron chi connectivity index (χ2n) is 0. The molecule has 0 aliphatic carbocycles. The van der Waals surface area contributed by atoms with Crippen LogP contribution >= 0.6 is 0 Å². The molecule has 5 nitrogen and oxygen atoms in total. The minimum atomic E-state index is 0. The average Bonchev–Trinajstić information content (AvgIpc) is 0. The van der Waals surface area contributed by atoms with E-state index in [9.17, 15) is 0 Å². The third-order valence-corrected chi connectivity index (χ3v) is 0. The molecule has 5 N–H and O–H groups in total. The van der Waals surface area contributed by atoms with Gasteiger partial charge in [-0.2, -0.15) is 0 Å². The van der Waals surface area contributed by atoms with Crippen molar-refractivity contribution in [3.05, 3.63) is 0 Å². The first kappa shape index (κ1) is 1410. The van der Waals surface area contributed by atoms with E-state index in [4.69, 9.17) is 0 Å². The fraction of sp³-hybridized carbons (Fsp3) is 0. The molecular formula is H6FNbO5. The summed E-state index contributed by atoms with van der Waals surface area (Å²) in [6, 6.07) is 0. The third-order valence-electron chi connectivity index (χ3n) is 0. The first-order valence-electron chi connectivity index (χ1n) is 0. The zero-order valence-corrected chi connectivity index (χ0v) is 5.29. The summed E-state index contributed by atoms with van der Waals surface area (Å²) in [5.74, 6) is 0. The predicted octanol–water partition coefficient (Wildman–Crippen LogP) is -0.734. The zero-order chi connectivity index (χ0) is 0. The summed E-state index contributed by atoms with van der Waals surface area (Å²) in [6.45, 7) is 0. The number of hydrogen-bond acceptors (Lipinski definition) is 5. The van der Waals surface area contributed by atoms with Crippen LogP contribution in [-0.2, 0) is 22.4 Å². The summed E-state index contributed by atoms with van der Waals surface area (Å²) < 4.78 is 0. The van der Waals surface area contributed by atoms with Gasteiger partial charge in [0.05, 0.1) is 0 Å². The molecule has 0 aliphatic heterocycles. The Balaban J connectivity index is 0. The van der Waals surface area contributed by atoms with Crippen molar-refractivity contribution in [1.29, 1.82) is 0 Å². The number of rotatable bonds is 0. The molecule has 0 aromatic carbocycles. The van der Waals surface area contributed by atoms with Gasteiger partial charge in [0, 0.05) is 0 Å². The molecule has 0 bridgehead atoms. The molecule has 0 saturated carbocycles. The smallest absolute Gasteiger partial charge is 0.870 e. The van der Waals surface area contributed by atoms with Gasteiger partial charge < -0.3 is 27.4 Å². The molecule has 0 aromatic heterocycles. The monoisotopic (exact) mass is 198 g/mol. The summed E-state index contributed by atoms with van der Waals surface area (Å²) in [6.07, 6.45) is 0. The van der Waals surface area contributed by atoms with E-state index in [1.54, 1.807) is 0 Å². The van der Waals surface area contributed by atoms with Crippen molar-refractivity contribution in [2.45, 2.75) is 0 Å². The van der Waals surface area contributed by atoms with Gasteiger partial charge in [-0.05, 0) is 0 Å². The van der Waals surface area contributed by atoms with Crippen molar-refractivity contribution in [3.63, 3.8) is 0 Å². The molecule has 0 unspecified atom stereocenters. The average molecular weight is 198 g/mol. The van der Waals surface area contributed by atoms with Crippen molar-refractivity contribution in [2.24, 2.45) is 0 Å². The van der Waals surface area contributed by atoms with Crippen LogP contribution in [0.1, 0.15) is 0 Å². The van der Waals surface area contributed by atoms with Crippen molar-refractivity contribution in [2.75, 3.05) is 0 Å². The fourth-order valence-electron chi connectivity index (χ4n) is 0. The molecule has 48 valence electrons. The molecule has 0 spiro atoms. The van der Waals surface area contributed by atoms with Gasteiger partial charge in [0.2, 0.25) is 0 Å². The summed E-state index contributed by atoms with van der Waals surface area (Å²) in [5, 5.41) is 0. The Morgan fingerprint density at radius 3 is 0.429 bits per heavy atom. The molecule has 0 amide bonds. The molecule has 0 fully saturated rings. The Kier molecular flexibility index (Phi) is 177000. The van der Waals surface area contributed by atoms with Gasteiger partial charge in [-0.25, -0.2) is 0 Å².